The van der Waals surface area contributed by atoms with Crippen molar-refractivity contribution in [1.29, 1.82) is 0 Å². The summed E-state index contributed by atoms with van der Waals surface area (Å²) in [7, 11) is -3.72. The fraction of sp³-hybridized carbons (Fsp3) is 0.333. The number of rotatable bonds is 4. The Labute approximate surface area is 196 Å². The number of benzene rings is 3. The second-order valence-corrected chi connectivity index (χ2v) is 10.9. The maximum Gasteiger partial charge on any atom is 0.240 e. The van der Waals surface area contributed by atoms with Gasteiger partial charge in [-0.3, -0.25) is 0 Å². The molecule has 1 heterocycles. The van der Waals surface area contributed by atoms with Crippen LogP contribution < -0.4 is 9.62 Å². The molecule has 1 aliphatic heterocycles. The van der Waals surface area contributed by atoms with Crippen molar-refractivity contribution >= 4 is 21.4 Å². The maximum absolute atomic E-state index is 13.1. The Hall–Kier alpha value is -2.67. The fourth-order valence-electron chi connectivity index (χ4n) is 5.22. The van der Waals surface area contributed by atoms with Crippen LogP contribution in [-0.4, -0.2) is 31.7 Å². The van der Waals surface area contributed by atoms with Crippen LogP contribution in [0.15, 0.2) is 77.7 Å². The zero-order chi connectivity index (χ0) is 23.0. The van der Waals surface area contributed by atoms with Crippen LogP contribution in [0.5, 0.6) is 0 Å². The largest absolute Gasteiger partial charge is 0.389 e. The summed E-state index contributed by atoms with van der Waals surface area (Å²) in [6.07, 6.45) is 3.29. The van der Waals surface area contributed by atoms with E-state index in [1.54, 1.807) is 24.3 Å². The third-order valence-electron chi connectivity index (χ3n) is 6.96. The number of fused-ring (bicyclic) bond motifs is 2. The number of aliphatic hydroxyl groups excluding tert-OH is 1. The Bertz CT molecular complexity index is 1190. The van der Waals surface area contributed by atoms with Crippen LogP contribution in [0.2, 0.25) is 0 Å². The molecule has 1 fully saturated rings. The third kappa shape index (κ3) is 4.31. The van der Waals surface area contributed by atoms with Gasteiger partial charge in [0.05, 0.1) is 23.1 Å². The van der Waals surface area contributed by atoms with Crippen molar-refractivity contribution < 1.29 is 13.5 Å². The summed E-state index contributed by atoms with van der Waals surface area (Å²) in [5, 5.41) is 11.5. The SMILES string of the molecule is Cc1ccc(S(=O)(=O)NC2CCCC(N3c4ccccc4CCc4ccccc43)C2O)cc1. The highest BCUT2D eigenvalue weighted by Gasteiger charge is 2.39. The van der Waals surface area contributed by atoms with E-state index in [4.69, 9.17) is 0 Å². The molecule has 5 nitrogen and oxygen atoms in total. The van der Waals surface area contributed by atoms with Gasteiger partial charge in [-0.25, -0.2) is 13.1 Å². The number of sulfonamides is 1. The van der Waals surface area contributed by atoms with Gasteiger partial charge in [0, 0.05) is 11.4 Å². The Morgan fingerprint density at radius 3 is 2.03 bits per heavy atom. The van der Waals surface area contributed by atoms with E-state index >= 15 is 0 Å². The fourth-order valence-corrected chi connectivity index (χ4v) is 6.51. The third-order valence-corrected chi connectivity index (χ3v) is 8.46. The Kier molecular flexibility index (Phi) is 5.99. The van der Waals surface area contributed by atoms with Crippen molar-refractivity contribution in [2.24, 2.45) is 0 Å². The number of para-hydroxylation sites is 2. The predicted molar refractivity (Wildman–Crippen MR) is 131 cm³/mol. The van der Waals surface area contributed by atoms with Crippen LogP contribution in [0.25, 0.3) is 0 Å². The van der Waals surface area contributed by atoms with Crippen LogP contribution >= 0.6 is 0 Å². The summed E-state index contributed by atoms with van der Waals surface area (Å²) in [6, 6.07) is 22.8. The van der Waals surface area contributed by atoms with E-state index in [1.807, 2.05) is 19.1 Å². The molecule has 0 spiro atoms. The lowest BCUT2D eigenvalue weighted by atomic mass is 9.86. The Morgan fingerprint density at radius 1 is 0.848 bits per heavy atom. The molecule has 2 N–H and O–H groups in total. The van der Waals surface area contributed by atoms with Crippen LogP contribution in [0, 0.1) is 6.92 Å². The summed E-state index contributed by atoms with van der Waals surface area (Å²) in [6.45, 7) is 1.93. The van der Waals surface area contributed by atoms with Crippen LogP contribution in [-0.2, 0) is 22.9 Å². The number of hydrogen-bond acceptors (Lipinski definition) is 4. The molecule has 0 bridgehead atoms. The number of aliphatic hydroxyl groups is 1. The molecule has 33 heavy (non-hydrogen) atoms. The van der Waals surface area contributed by atoms with Crippen LogP contribution in [0.1, 0.15) is 36.0 Å². The minimum atomic E-state index is -3.72. The molecule has 5 rings (SSSR count). The smallest absolute Gasteiger partial charge is 0.240 e. The number of aryl methyl sites for hydroxylation is 3. The van der Waals surface area contributed by atoms with Gasteiger partial charge in [0.15, 0.2) is 0 Å². The lowest BCUT2D eigenvalue weighted by Gasteiger charge is -2.43. The van der Waals surface area contributed by atoms with E-state index in [9.17, 15) is 13.5 Å². The standard InChI is InChI=1S/C27H30N2O3S/c1-19-13-17-22(18-14-19)33(31,32)28-23-9-6-12-26(27(23)30)29-24-10-4-2-7-20(24)15-16-21-8-3-5-11-25(21)29/h2-5,7-8,10-11,13-14,17-18,23,26-28,30H,6,9,12,15-16H2,1H3. The van der Waals surface area contributed by atoms with Gasteiger partial charge in [-0.15, -0.1) is 0 Å². The monoisotopic (exact) mass is 462 g/mol. The second kappa shape index (κ2) is 8.93. The van der Waals surface area contributed by atoms with Gasteiger partial charge in [-0.1, -0.05) is 54.1 Å². The summed E-state index contributed by atoms with van der Waals surface area (Å²) in [5.41, 5.74) is 5.72. The molecule has 3 atom stereocenters. The van der Waals surface area contributed by atoms with E-state index < -0.39 is 22.2 Å². The molecule has 2 aliphatic rings. The molecule has 1 saturated carbocycles. The molecule has 3 unspecified atom stereocenters. The van der Waals surface area contributed by atoms with Crippen LogP contribution in [0.4, 0.5) is 11.4 Å². The van der Waals surface area contributed by atoms with Crippen molar-refractivity contribution in [2.75, 3.05) is 4.90 Å². The molecular formula is C27H30N2O3S. The topological polar surface area (TPSA) is 69.6 Å². The van der Waals surface area contributed by atoms with E-state index in [1.165, 1.54) is 11.1 Å². The van der Waals surface area contributed by atoms with Crippen LogP contribution in [0.3, 0.4) is 0 Å². The normalized spacial score (nSPS) is 22.8. The first-order chi connectivity index (χ1) is 15.9. The van der Waals surface area contributed by atoms with Crippen molar-refractivity contribution in [3.05, 3.63) is 89.5 Å². The summed E-state index contributed by atoms with van der Waals surface area (Å²) in [4.78, 5) is 2.49. The van der Waals surface area contributed by atoms with Gasteiger partial charge in [-0.05, 0) is 74.4 Å². The van der Waals surface area contributed by atoms with Crippen molar-refractivity contribution in [1.82, 2.24) is 4.72 Å². The zero-order valence-corrected chi connectivity index (χ0v) is 19.6. The quantitative estimate of drug-likeness (QED) is 0.599. The van der Waals surface area contributed by atoms with Gasteiger partial charge >= 0.3 is 0 Å². The highest BCUT2D eigenvalue weighted by molar-refractivity contribution is 7.89. The lowest BCUT2D eigenvalue weighted by Crippen LogP contribution is -2.55. The van der Waals surface area contributed by atoms with E-state index in [2.05, 4.69) is 46.0 Å². The first kappa shape index (κ1) is 22.1. The van der Waals surface area contributed by atoms with Gasteiger partial charge in [0.25, 0.3) is 0 Å². The minimum Gasteiger partial charge on any atom is -0.389 e. The maximum atomic E-state index is 13.1. The molecule has 172 valence electrons. The van der Waals surface area contributed by atoms with E-state index in [0.717, 1.165) is 42.6 Å². The van der Waals surface area contributed by atoms with Gasteiger partial charge < -0.3 is 10.0 Å². The average Bonchev–Trinajstić information content (AvgIpc) is 2.98. The van der Waals surface area contributed by atoms with Gasteiger partial charge in [0.2, 0.25) is 10.0 Å². The van der Waals surface area contributed by atoms with Crippen molar-refractivity contribution in [3.8, 4) is 0 Å². The number of anilines is 2. The lowest BCUT2D eigenvalue weighted by molar-refractivity contribution is 0.0812. The van der Waals surface area contributed by atoms with E-state index in [-0.39, 0.29) is 10.9 Å². The number of hydrogen-bond donors (Lipinski definition) is 2. The number of nitrogens with zero attached hydrogens (tertiary/aromatic N) is 1. The van der Waals surface area contributed by atoms with Gasteiger partial charge in [-0.2, -0.15) is 0 Å². The Balaban J connectivity index is 1.48. The molecular weight excluding hydrogens is 432 g/mol. The molecule has 3 aromatic carbocycles. The second-order valence-electron chi connectivity index (χ2n) is 9.16. The van der Waals surface area contributed by atoms with Crippen molar-refractivity contribution in [3.63, 3.8) is 0 Å². The summed E-state index contributed by atoms with van der Waals surface area (Å²) < 4.78 is 28.9. The first-order valence-corrected chi connectivity index (χ1v) is 13.1. The molecule has 0 amide bonds. The predicted octanol–water partition coefficient (Wildman–Crippen LogP) is 4.49. The molecule has 3 aromatic rings. The number of nitrogens with one attached hydrogen (secondary N) is 1. The van der Waals surface area contributed by atoms with E-state index in [0.29, 0.717) is 6.42 Å². The average molecular weight is 463 g/mol. The van der Waals surface area contributed by atoms with Crippen molar-refractivity contribution in [2.45, 2.75) is 62.1 Å². The highest BCUT2D eigenvalue weighted by atomic mass is 32.2. The highest BCUT2D eigenvalue weighted by Crippen LogP contribution is 2.41. The first-order valence-electron chi connectivity index (χ1n) is 11.7. The van der Waals surface area contributed by atoms with Gasteiger partial charge in [0.1, 0.15) is 0 Å². The summed E-state index contributed by atoms with van der Waals surface area (Å²) >= 11 is 0. The summed E-state index contributed by atoms with van der Waals surface area (Å²) in [5.74, 6) is 0. The molecule has 0 radical (unpaired) electrons. The molecule has 6 heteroatoms. The molecule has 0 aromatic heterocycles. The Morgan fingerprint density at radius 2 is 1.42 bits per heavy atom. The molecule has 0 saturated heterocycles. The molecule has 1 aliphatic carbocycles. The zero-order valence-electron chi connectivity index (χ0n) is 18.8. The minimum absolute atomic E-state index is 0.218.